The van der Waals surface area contributed by atoms with E-state index in [2.05, 4.69) is 15.6 Å². The van der Waals surface area contributed by atoms with E-state index in [9.17, 15) is 9.59 Å². The normalized spacial score (nSPS) is 9.91. The van der Waals surface area contributed by atoms with Crippen molar-refractivity contribution in [2.75, 3.05) is 17.2 Å². The van der Waals surface area contributed by atoms with Crippen molar-refractivity contribution >= 4 is 34.8 Å². The Labute approximate surface area is 132 Å². The number of amides is 2. The monoisotopic (exact) mass is 319 g/mol. The molecule has 2 aromatic rings. The van der Waals surface area contributed by atoms with E-state index in [1.165, 1.54) is 6.20 Å². The van der Waals surface area contributed by atoms with E-state index >= 15 is 0 Å². The molecule has 0 fully saturated rings. The van der Waals surface area contributed by atoms with Gasteiger partial charge in [-0.3, -0.25) is 9.59 Å². The highest BCUT2D eigenvalue weighted by atomic mass is 35.5. The molecule has 0 spiro atoms. The first-order chi connectivity index (χ1) is 10.6. The minimum absolute atomic E-state index is 0.110. The maximum atomic E-state index is 11.9. The number of benzene rings is 1. The lowest BCUT2D eigenvalue weighted by molar-refractivity contribution is -0.133. The number of hydrogen-bond acceptors (Lipinski definition) is 4. The Kier molecular flexibility index (Phi) is 5.32. The SMILES string of the molecule is CCOc1ccccc1NC(=O)C(=O)Nc1cccnc1Cl. The van der Waals surface area contributed by atoms with Crippen molar-refractivity contribution < 1.29 is 14.3 Å². The molecule has 22 heavy (non-hydrogen) atoms. The van der Waals surface area contributed by atoms with Gasteiger partial charge >= 0.3 is 11.8 Å². The van der Waals surface area contributed by atoms with Gasteiger partial charge in [-0.1, -0.05) is 23.7 Å². The first kappa shape index (κ1) is 15.8. The van der Waals surface area contributed by atoms with E-state index < -0.39 is 11.8 Å². The summed E-state index contributed by atoms with van der Waals surface area (Å²) in [6, 6.07) is 10.0. The Hall–Kier alpha value is -2.60. The van der Waals surface area contributed by atoms with Gasteiger partial charge in [-0.2, -0.15) is 0 Å². The highest BCUT2D eigenvalue weighted by Crippen LogP contribution is 2.23. The molecule has 0 saturated heterocycles. The largest absolute Gasteiger partial charge is 0.492 e. The van der Waals surface area contributed by atoms with Crippen LogP contribution in [0, 0.1) is 0 Å². The highest BCUT2D eigenvalue weighted by Gasteiger charge is 2.17. The van der Waals surface area contributed by atoms with Crippen LogP contribution in [0.1, 0.15) is 6.92 Å². The summed E-state index contributed by atoms with van der Waals surface area (Å²) < 4.78 is 5.38. The molecule has 2 N–H and O–H groups in total. The first-order valence-electron chi connectivity index (χ1n) is 6.56. The van der Waals surface area contributed by atoms with Crippen molar-refractivity contribution in [2.24, 2.45) is 0 Å². The summed E-state index contributed by atoms with van der Waals surface area (Å²) in [5.41, 5.74) is 0.684. The quantitative estimate of drug-likeness (QED) is 0.670. The van der Waals surface area contributed by atoms with Crippen LogP contribution < -0.4 is 15.4 Å². The van der Waals surface area contributed by atoms with Crippen LogP contribution in [0.15, 0.2) is 42.6 Å². The molecule has 0 saturated carbocycles. The zero-order valence-corrected chi connectivity index (χ0v) is 12.6. The maximum absolute atomic E-state index is 11.9. The van der Waals surface area contributed by atoms with Crippen molar-refractivity contribution in [1.82, 2.24) is 4.98 Å². The number of nitrogens with one attached hydrogen (secondary N) is 2. The van der Waals surface area contributed by atoms with Crippen molar-refractivity contribution in [3.05, 3.63) is 47.7 Å². The molecule has 1 aromatic carbocycles. The van der Waals surface area contributed by atoms with Crippen LogP contribution in [0.2, 0.25) is 5.15 Å². The standard InChI is InChI=1S/C15H14ClN3O3/c1-2-22-12-8-4-3-6-10(12)18-14(20)15(21)19-11-7-5-9-17-13(11)16/h3-9H,2H2,1H3,(H,18,20)(H,19,21). The van der Waals surface area contributed by atoms with E-state index in [1.807, 2.05) is 6.92 Å². The topological polar surface area (TPSA) is 80.3 Å². The second-order valence-electron chi connectivity index (χ2n) is 4.18. The van der Waals surface area contributed by atoms with Crippen LogP contribution in [0.5, 0.6) is 5.75 Å². The number of carbonyl (C=O) groups is 2. The zero-order chi connectivity index (χ0) is 15.9. The maximum Gasteiger partial charge on any atom is 0.314 e. The fourth-order valence-corrected chi connectivity index (χ4v) is 1.86. The van der Waals surface area contributed by atoms with Crippen LogP contribution in [0.3, 0.4) is 0 Å². The van der Waals surface area contributed by atoms with Crippen LogP contribution in [0.4, 0.5) is 11.4 Å². The van der Waals surface area contributed by atoms with E-state index in [-0.39, 0.29) is 10.8 Å². The van der Waals surface area contributed by atoms with Gasteiger partial charge in [0.05, 0.1) is 18.0 Å². The molecule has 1 heterocycles. The lowest BCUT2D eigenvalue weighted by Crippen LogP contribution is -2.29. The summed E-state index contributed by atoms with van der Waals surface area (Å²) in [5.74, 6) is -1.18. The van der Waals surface area contributed by atoms with E-state index in [4.69, 9.17) is 16.3 Å². The number of rotatable bonds is 4. The second-order valence-corrected chi connectivity index (χ2v) is 4.54. The Morgan fingerprint density at radius 1 is 1.09 bits per heavy atom. The van der Waals surface area contributed by atoms with E-state index in [1.54, 1.807) is 36.4 Å². The van der Waals surface area contributed by atoms with Gasteiger partial charge in [0.25, 0.3) is 0 Å². The van der Waals surface area contributed by atoms with Gasteiger partial charge in [0.1, 0.15) is 5.75 Å². The molecular weight excluding hydrogens is 306 g/mol. The molecule has 0 aliphatic rings. The molecule has 0 aliphatic heterocycles. The van der Waals surface area contributed by atoms with Gasteiger partial charge in [-0.25, -0.2) is 4.98 Å². The van der Waals surface area contributed by atoms with E-state index in [0.717, 1.165) is 0 Å². The molecule has 0 bridgehead atoms. The summed E-state index contributed by atoms with van der Waals surface area (Å²) in [5, 5.41) is 5.00. The predicted molar refractivity (Wildman–Crippen MR) is 84.1 cm³/mol. The summed E-state index contributed by atoms with van der Waals surface area (Å²) in [7, 11) is 0. The van der Waals surface area contributed by atoms with Gasteiger partial charge in [-0.15, -0.1) is 0 Å². The number of hydrogen-bond donors (Lipinski definition) is 2. The molecule has 2 rings (SSSR count). The molecule has 7 heteroatoms. The number of aromatic nitrogens is 1. The average Bonchev–Trinajstić information content (AvgIpc) is 2.51. The van der Waals surface area contributed by atoms with Crippen molar-refractivity contribution in [2.45, 2.75) is 6.92 Å². The number of nitrogens with zero attached hydrogens (tertiary/aromatic N) is 1. The molecule has 0 unspecified atom stereocenters. The van der Waals surface area contributed by atoms with Crippen LogP contribution in [0.25, 0.3) is 0 Å². The van der Waals surface area contributed by atoms with Crippen molar-refractivity contribution in [3.63, 3.8) is 0 Å². The number of para-hydroxylation sites is 2. The third-order valence-electron chi connectivity index (χ3n) is 2.65. The Morgan fingerprint density at radius 2 is 1.73 bits per heavy atom. The predicted octanol–water partition coefficient (Wildman–Crippen LogP) is 2.71. The van der Waals surface area contributed by atoms with Gasteiger partial charge in [0, 0.05) is 6.20 Å². The summed E-state index contributed by atoms with van der Waals surface area (Å²) >= 11 is 5.82. The second kappa shape index (κ2) is 7.42. The van der Waals surface area contributed by atoms with Gasteiger partial charge in [0.15, 0.2) is 5.15 Å². The average molecular weight is 320 g/mol. The number of pyridine rings is 1. The van der Waals surface area contributed by atoms with Crippen LogP contribution in [-0.2, 0) is 9.59 Å². The van der Waals surface area contributed by atoms with Gasteiger partial charge in [0.2, 0.25) is 0 Å². The molecule has 6 nitrogen and oxygen atoms in total. The van der Waals surface area contributed by atoms with Gasteiger partial charge < -0.3 is 15.4 Å². The summed E-state index contributed by atoms with van der Waals surface area (Å²) in [4.78, 5) is 27.6. The molecule has 114 valence electrons. The van der Waals surface area contributed by atoms with E-state index in [0.29, 0.717) is 18.0 Å². The van der Waals surface area contributed by atoms with Crippen LogP contribution >= 0.6 is 11.6 Å². The lowest BCUT2D eigenvalue weighted by Gasteiger charge is -2.11. The van der Waals surface area contributed by atoms with Crippen molar-refractivity contribution in [1.29, 1.82) is 0 Å². The van der Waals surface area contributed by atoms with Crippen molar-refractivity contribution in [3.8, 4) is 5.75 Å². The third kappa shape index (κ3) is 3.95. The zero-order valence-electron chi connectivity index (χ0n) is 11.8. The number of halogens is 1. The molecule has 1 aromatic heterocycles. The number of carbonyl (C=O) groups excluding carboxylic acids is 2. The fraction of sp³-hybridized carbons (Fsp3) is 0.133. The molecular formula is C15H14ClN3O3. The summed E-state index contributed by atoms with van der Waals surface area (Å²) in [6.45, 7) is 2.28. The minimum atomic E-state index is -0.846. The molecule has 0 atom stereocenters. The van der Waals surface area contributed by atoms with Gasteiger partial charge in [-0.05, 0) is 31.2 Å². The number of anilines is 2. The Bertz CT molecular complexity index is 691. The smallest absolute Gasteiger partial charge is 0.314 e. The lowest BCUT2D eigenvalue weighted by atomic mass is 10.3. The third-order valence-corrected chi connectivity index (χ3v) is 2.95. The molecule has 0 radical (unpaired) electrons. The highest BCUT2D eigenvalue weighted by molar-refractivity contribution is 6.44. The number of ether oxygens (including phenoxy) is 1. The Morgan fingerprint density at radius 3 is 2.41 bits per heavy atom. The fourth-order valence-electron chi connectivity index (χ4n) is 1.69. The molecule has 2 amide bonds. The minimum Gasteiger partial charge on any atom is -0.492 e. The first-order valence-corrected chi connectivity index (χ1v) is 6.94. The van der Waals surface area contributed by atoms with Crippen LogP contribution in [-0.4, -0.2) is 23.4 Å². The summed E-state index contributed by atoms with van der Waals surface area (Å²) in [6.07, 6.45) is 1.48. The Balaban J connectivity index is 2.06. The molecule has 0 aliphatic carbocycles.